The van der Waals surface area contributed by atoms with Crippen LogP contribution in [-0.4, -0.2) is 47.4 Å². The van der Waals surface area contributed by atoms with Crippen LogP contribution in [0, 0.1) is 0 Å². The van der Waals surface area contributed by atoms with E-state index in [-0.39, 0.29) is 24.4 Å². The summed E-state index contributed by atoms with van der Waals surface area (Å²) in [5.41, 5.74) is -0.291. The van der Waals surface area contributed by atoms with E-state index in [0.29, 0.717) is 13.3 Å². The summed E-state index contributed by atoms with van der Waals surface area (Å²) >= 11 is 0. The van der Waals surface area contributed by atoms with E-state index in [4.69, 9.17) is 9.84 Å². The third-order valence-corrected chi connectivity index (χ3v) is 2.32. The van der Waals surface area contributed by atoms with E-state index < -0.39 is 6.09 Å². The number of hydrogen-bond acceptors (Lipinski definition) is 3. The number of nitrogens with one attached hydrogen (secondary N) is 1. The van der Waals surface area contributed by atoms with Crippen molar-refractivity contribution in [1.82, 2.24) is 10.2 Å². The molecule has 0 aromatic carbocycles. The number of carbonyl (C=O) groups is 2. The predicted octanol–water partition coefficient (Wildman–Crippen LogP) is 0.239. The van der Waals surface area contributed by atoms with Crippen molar-refractivity contribution in [3.8, 4) is 0 Å². The van der Waals surface area contributed by atoms with Crippen LogP contribution < -0.4 is 5.32 Å². The molecular weight excluding hydrogens is 200 g/mol. The molecule has 1 rings (SSSR count). The van der Waals surface area contributed by atoms with E-state index in [1.165, 1.54) is 0 Å². The van der Waals surface area contributed by atoms with Gasteiger partial charge in [-0.1, -0.05) is 0 Å². The van der Waals surface area contributed by atoms with E-state index >= 15 is 0 Å². The van der Waals surface area contributed by atoms with Gasteiger partial charge in [0.05, 0.1) is 12.1 Å². The smallest absolute Gasteiger partial charge is 0.404 e. The molecule has 1 saturated heterocycles. The quantitative estimate of drug-likeness (QED) is 0.708. The average molecular weight is 216 g/mol. The monoisotopic (exact) mass is 216 g/mol. The molecule has 2 N–H and O–H groups in total. The Labute approximate surface area is 88.2 Å². The Kier molecular flexibility index (Phi) is 3.52. The van der Waals surface area contributed by atoms with Gasteiger partial charge in [0.2, 0.25) is 5.91 Å². The van der Waals surface area contributed by atoms with Crippen molar-refractivity contribution in [2.45, 2.75) is 25.8 Å². The van der Waals surface area contributed by atoms with Gasteiger partial charge in [-0.15, -0.1) is 0 Å². The molecule has 2 amide bonds. The zero-order chi connectivity index (χ0) is 11.5. The molecule has 1 aliphatic rings. The van der Waals surface area contributed by atoms with Crippen LogP contribution in [0.1, 0.15) is 20.3 Å². The highest BCUT2D eigenvalue weighted by Crippen LogP contribution is 2.21. The maximum atomic E-state index is 11.7. The van der Waals surface area contributed by atoms with Gasteiger partial charge in [0.15, 0.2) is 0 Å². The van der Waals surface area contributed by atoms with Crippen LogP contribution in [0.2, 0.25) is 0 Å². The summed E-state index contributed by atoms with van der Waals surface area (Å²) in [6, 6.07) is 0. The Bertz CT molecular complexity index is 265. The summed E-state index contributed by atoms with van der Waals surface area (Å²) < 4.78 is 5.19. The fraction of sp³-hybridized carbons (Fsp3) is 0.778. The van der Waals surface area contributed by atoms with Crippen LogP contribution in [-0.2, 0) is 9.53 Å². The second-order valence-electron chi connectivity index (χ2n) is 4.09. The fourth-order valence-electron chi connectivity index (χ4n) is 1.46. The Morgan fingerprint density at radius 3 is 2.67 bits per heavy atom. The molecule has 6 heteroatoms. The molecule has 0 unspecified atom stereocenters. The molecule has 1 heterocycles. The molecule has 0 aromatic rings. The minimum atomic E-state index is -1.11. The lowest BCUT2D eigenvalue weighted by Gasteiger charge is -2.29. The van der Waals surface area contributed by atoms with Gasteiger partial charge >= 0.3 is 6.09 Å². The van der Waals surface area contributed by atoms with Crippen LogP contribution >= 0.6 is 0 Å². The maximum absolute atomic E-state index is 11.7. The SMILES string of the molecule is CC1(C)COCN1C(=O)CCNC(=O)O. The first kappa shape index (κ1) is 11.8. The number of ether oxygens (including phenoxy) is 1. The first-order chi connectivity index (χ1) is 6.93. The van der Waals surface area contributed by atoms with E-state index in [9.17, 15) is 9.59 Å². The predicted molar refractivity (Wildman–Crippen MR) is 52.4 cm³/mol. The summed E-state index contributed by atoms with van der Waals surface area (Å²) in [4.78, 5) is 23.4. The van der Waals surface area contributed by atoms with Crippen molar-refractivity contribution in [2.75, 3.05) is 19.9 Å². The molecule has 0 aromatic heterocycles. The number of hydrogen-bond donors (Lipinski definition) is 2. The molecule has 1 aliphatic heterocycles. The lowest BCUT2D eigenvalue weighted by atomic mass is 10.1. The molecular formula is C9H16N2O4. The molecule has 86 valence electrons. The zero-order valence-electron chi connectivity index (χ0n) is 8.95. The molecule has 0 atom stereocenters. The zero-order valence-corrected chi connectivity index (χ0v) is 8.95. The summed E-state index contributed by atoms with van der Waals surface area (Å²) in [6.45, 7) is 4.79. The van der Waals surface area contributed by atoms with E-state index in [1.54, 1.807) is 4.90 Å². The molecule has 0 radical (unpaired) electrons. The van der Waals surface area contributed by atoms with Gasteiger partial charge in [-0.3, -0.25) is 4.79 Å². The Morgan fingerprint density at radius 1 is 1.53 bits per heavy atom. The molecule has 0 bridgehead atoms. The van der Waals surface area contributed by atoms with E-state index in [0.717, 1.165) is 0 Å². The summed E-state index contributed by atoms with van der Waals surface area (Å²) in [5, 5.41) is 10.5. The van der Waals surface area contributed by atoms with Gasteiger partial charge < -0.3 is 20.1 Å². The van der Waals surface area contributed by atoms with Gasteiger partial charge in [-0.25, -0.2) is 4.79 Å². The number of carboxylic acid groups (broad SMARTS) is 1. The van der Waals surface area contributed by atoms with Crippen molar-refractivity contribution in [1.29, 1.82) is 0 Å². The lowest BCUT2D eigenvalue weighted by molar-refractivity contribution is -0.135. The van der Waals surface area contributed by atoms with Crippen LogP contribution in [0.25, 0.3) is 0 Å². The van der Waals surface area contributed by atoms with Crippen LogP contribution in [0.4, 0.5) is 4.79 Å². The van der Waals surface area contributed by atoms with Gasteiger partial charge in [-0.05, 0) is 13.8 Å². The third kappa shape index (κ3) is 3.09. The van der Waals surface area contributed by atoms with Crippen molar-refractivity contribution in [3.63, 3.8) is 0 Å². The first-order valence-electron chi connectivity index (χ1n) is 4.78. The number of rotatable bonds is 3. The van der Waals surface area contributed by atoms with Crippen LogP contribution in [0.5, 0.6) is 0 Å². The molecule has 0 aliphatic carbocycles. The topological polar surface area (TPSA) is 78.9 Å². The highest BCUT2D eigenvalue weighted by atomic mass is 16.5. The van der Waals surface area contributed by atoms with Crippen LogP contribution in [0.15, 0.2) is 0 Å². The van der Waals surface area contributed by atoms with Crippen molar-refractivity contribution >= 4 is 12.0 Å². The third-order valence-electron chi connectivity index (χ3n) is 2.32. The van der Waals surface area contributed by atoms with E-state index in [2.05, 4.69) is 5.32 Å². The number of amides is 2. The molecule has 0 spiro atoms. The van der Waals surface area contributed by atoms with Gasteiger partial charge in [-0.2, -0.15) is 0 Å². The lowest BCUT2D eigenvalue weighted by Crippen LogP contribution is -2.45. The first-order valence-corrected chi connectivity index (χ1v) is 4.78. The van der Waals surface area contributed by atoms with E-state index in [1.807, 2.05) is 13.8 Å². The Balaban J connectivity index is 2.37. The second-order valence-corrected chi connectivity index (χ2v) is 4.09. The highest BCUT2D eigenvalue weighted by molar-refractivity contribution is 5.78. The van der Waals surface area contributed by atoms with Crippen LogP contribution in [0.3, 0.4) is 0 Å². The van der Waals surface area contributed by atoms with Gasteiger partial charge in [0.1, 0.15) is 6.73 Å². The normalized spacial score (nSPS) is 18.9. The van der Waals surface area contributed by atoms with Crippen molar-refractivity contribution in [3.05, 3.63) is 0 Å². The number of nitrogens with zero attached hydrogens (tertiary/aromatic N) is 1. The summed E-state index contributed by atoms with van der Waals surface area (Å²) in [6.07, 6.45) is -0.946. The maximum Gasteiger partial charge on any atom is 0.404 e. The van der Waals surface area contributed by atoms with Crippen molar-refractivity contribution in [2.24, 2.45) is 0 Å². The number of carbonyl (C=O) groups excluding carboxylic acids is 1. The van der Waals surface area contributed by atoms with Gasteiger partial charge in [0.25, 0.3) is 0 Å². The summed E-state index contributed by atoms with van der Waals surface area (Å²) in [5.74, 6) is -0.0914. The summed E-state index contributed by atoms with van der Waals surface area (Å²) in [7, 11) is 0. The minimum Gasteiger partial charge on any atom is -0.465 e. The molecule has 6 nitrogen and oxygen atoms in total. The highest BCUT2D eigenvalue weighted by Gasteiger charge is 2.35. The molecule has 0 saturated carbocycles. The van der Waals surface area contributed by atoms with Crippen molar-refractivity contribution < 1.29 is 19.4 Å². The Hall–Kier alpha value is -1.30. The minimum absolute atomic E-state index is 0.0914. The second kappa shape index (κ2) is 4.48. The standard InChI is InChI=1S/C9H16N2O4/c1-9(2)5-15-6-11(9)7(12)3-4-10-8(13)14/h10H,3-6H2,1-2H3,(H,13,14). The molecule has 15 heavy (non-hydrogen) atoms. The van der Waals surface area contributed by atoms with Gasteiger partial charge in [0, 0.05) is 13.0 Å². The average Bonchev–Trinajstić information content (AvgIpc) is 2.44. The fourth-order valence-corrected chi connectivity index (χ4v) is 1.46. The largest absolute Gasteiger partial charge is 0.465 e. The molecule has 1 fully saturated rings. The Morgan fingerprint density at radius 2 is 2.20 bits per heavy atom.